The molecule has 2 aromatic heterocycles. The summed E-state index contributed by atoms with van der Waals surface area (Å²) < 4.78 is 0. The lowest BCUT2D eigenvalue weighted by Crippen LogP contribution is -2.33. The lowest BCUT2D eigenvalue weighted by Gasteiger charge is -2.20. The van der Waals surface area contributed by atoms with E-state index in [1.54, 1.807) is 24.4 Å². The lowest BCUT2D eigenvalue weighted by atomic mass is 10.2. The minimum atomic E-state index is 0. The summed E-state index contributed by atoms with van der Waals surface area (Å²) in [5.74, 6) is 1.28. The van der Waals surface area contributed by atoms with Crippen molar-refractivity contribution in [2.45, 2.75) is 25.8 Å². The molecule has 1 aliphatic heterocycles. The first-order chi connectivity index (χ1) is 14.2. The summed E-state index contributed by atoms with van der Waals surface area (Å²) in [6.07, 6.45) is 3.96. The van der Waals surface area contributed by atoms with Gasteiger partial charge < -0.3 is 21.3 Å². The van der Waals surface area contributed by atoms with Crippen LogP contribution in [0.4, 0.5) is 23.1 Å². The molecule has 10 heteroatoms. The maximum absolute atomic E-state index is 9.18. The number of nitrogens with one attached hydrogen (secondary N) is 2. The predicted molar refractivity (Wildman–Crippen MR) is 130 cm³/mol. The molecule has 0 saturated carbocycles. The van der Waals surface area contributed by atoms with Gasteiger partial charge in [0.15, 0.2) is 5.82 Å². The van der Waals surface area contributed by atoms with Crippen LogP contribution in [0.2, 0.25) is 0 Å². The molecule has 31 heavy (non-hydrogen) atoms. The number of aromatic nitrogens is 3. The van der Waals surface area contributed by atoms with Crippen LogP contribution in [-0.2, 0) is 0 Å². The van der Waals surface area contributed by atoms with Crippen molar-refractivity contribution < 1.29 is 0 Å². The van der Waals surface area contributed by atoms with Crippen LogP contribution in [0.5, 0.6) is 0 Å². The van der Waals surface area contributed by atoms with Crippen LogP contribution in [0, 0.1) is 11.3 Å². The molecular formula is C21H26Cl2N8. The first kappa shape index (κ1) is 24.4. The van der Waals surface area contributed by atoms with Crippen molar-refractivity contribution in [2.75, 3.05) is 35.6 Å². The van der Waals surface area contributed by atoms with Gasteiger partial charge in [0.25, 0.3) is 0 Å². The number of anilines is 4. The fourth-order valence-corrected chi connectivity index (χ4v) is 3.61. The molecule has 8 nitrogen and oxygen atoms in total. The largest absolute Gasteiger partial charge is 0.399 e. The van der Waals surface area contributed by atoms with E-state index in [9.17, 15) is 5.26 Å². The van der Waals surface area contributed by atoms with Crippen molar-refractivity contribution in [1.29, 1.82) is 5.26 Å². The molecule has 1 fully saturated rings. The van der Waals surface area contributed by atoms with Gasteiger partial charge in [0.1, 0.15) is 5.52 Å². The van der Waals surface area contributed by atoms with E-state index in [2.05, 4.69) is 38.5 Å². The molecule has 3 heterocycles. The molecule has 4 N–H and O–H groups in total. The molecule has 0 aliphatic carbocycles. The van der Waals surface area contributed by atoms with Crippen LogP contribution < -0.4 is 21.3 Å². The molecule has 0 amide bonds. The van der Waals surface area contributed by atoms with Crippen LogP contribution in [0.3, 0.4) is 0 Å². The Bertz CT molecular complexity index is 1070. The van der Waals surface area contributed by atoms with E-state index >= 15 is 0 Å². The molecule has 0 spiro atoms. The number of nitrogens with zero attached hydrogens (tertiary/aromatic N) is 5. The molecular weight excluding hydrogens is 435 g/mol. The van der Waals surface area contributed by atoms with E-state index in [1.807, 2.05) is 12.1 Å². The number of pyridine rings is 1. The van der Waals surface area contributed by atoms with Crippen molar-refractivity contribution in [3.8, 4) is 6.07 Å². The van der Waals surface area contributed by atoms with Gasteiger partial charge in [0, 0.05) is 36.7 Å². The van der Waals surface area contributed by atoms with Gasteiger partial charge in [-0.2, -0.15) is 10.2 Å². The Morgan fingerprint density at radius 1 is 1.26 bits per heavy atom. The zero-order valence-electron chi connectivity index (χ0n) is 17.2. The summed E-state index contributed by atoms with van der Waals surface area (Å²) in [5.41, 5.74) is 9.15. The van der Waals surface area contributed by atoms with Crippen LogP contribution >= 0.6 is 24.8 Å². The monoisotopic (exact) mass is 460 g/mol. The topological polar surface area (TPSA) is 116 Å². The second kappa shape index (κ2) is 11.0. The summed E-state index contributed by atoms with van der Waals surface area (Å²) >= 11 is 0. The molecule has 1 unspecified atom stereocenters. The van der Waals surface area contributed by atoms with Crippen molar-refractivity contribution in [1.82, 2.24) is 20.3 Å². The Balaban J connectivity index is 0.00000171. The van der Waals surface area contributed by atoms with E-state index < -0.39 is 0 Å². The highest BCUT2D eigenvalue weighted by Gasteiger charge is 2.25. The normalized spacial score (nSPS) is 15.1. The number of fused-ring (bicyclic) bond motifs is 1. The Labute approximate surface area is 194 Å². The van der Waals surface area contributed by atoms with Crippen molar-refractivity contribution in [2.24, 2.45) is 0 Å². The third-order valence-electron chi connectivity index (χ3n) is 4.95. The van der Waals surface area contributed by atoms with E-state index in [1.165, 1.54) is 0 Å². The fraction of sp³-hybridized carbons (Fsp3) is 0.333. The summed E-state index contributed by atoms with van der Waals surface area (Å²) in [5, 5.41) is 16.0. The van der Waals surface area contributed by atoms with Crippen LogP contribution in [0.25, 0.3) is 11.0 Å². The number of hydrogen-bond donors (Lipinski definition) is 3. The van der Waals surface area contributed by atoms with E-state index in [-0.39, 0.29) is 24.8 Å². The van der Waals surface area contributed by atoms with Gasteiger partial charge in [-0.15, -0.1) is 24.8 Å². The number of nitriles is 1. The third kappa shape index (κ3) is 5.64. The number of rotatable bonds is 6. The standard InChI is InChI=1S/C21H24N8.2ClH/c1-2-6-24-16-5-8-29(13-16)20-19-18(4-3-7-25-19)27-21(28-20)26-17-10-14(12-22)9-15(23)11-17;;/h3-4,7,9-11,16,24H,2,5-6,8,13,23H2,1H3,(H,26,27,28);2*1H. The molecule has 1 saturated heterocycles. The van der Waals surface area contributed by atoms with E-state index in [4.69, 9.17) is 10.7 Å². The summed E-state index contributed by atoms with van der Waals surface area (Å²) in [6.45, 7) is 5.00. The zero-order chi connectivity index (χ0) is 20.2. The van der Waals surface area contributed by atoms with Crippen molar-refractivity contribution in [3.05, 3.63) is 42.1 Å². The molecule has 0 radical (unpaired) electrons. The van der Waals surface area contributed by atoms with Crippen LogP contribution in [0.15, 0.2) is 36.5 Å². The molecule has 1 aromatic carbocycles. The van der Waals surface area contributed by atoms with Gasteiger partial charge in [0.2, 0.25) is 5.95 Å². The third-order valence-corrected chi connectivity index (χ3v) is 4.95. The van der Waals surface area contributed by atoms with Gasteiger partial charge in [-0.25, -0.2) is 4.98 Å². The van der Waals surface area contributed by atoms with Crippen molar-refractivity contribution >= 4 is 59.0 Å². The SMILES string of the molecule is CCCNC1CCN(c2nc(Nc3cc(N)cc(C#N)c3)nc3cccnc23)C1.Cl.Cl. The Morgan fingerprint density at radius 3 is 2.87 bits per heavy atom. The minimum absolute atomic E-state index is 0. The number of hydrogen-bond acceptors (Lipinski definition) is 8. The Kier molecular flexibility index (Phi) is 8.63. The fourth-order valence-electron chi connectivity index (χ4n) is 3.61. The quantitative estimate of drug-likeness (QED) is 0.477. The predicted octanol–water partition coefficient (Wildman–Crippen LogP) is 3.64. The molecule has 1 aliphatic rings. The molecule has 3 aromatic rings. The van der Waals surface area contributed by atoms with Gasteiger partial charge in [0.05, 0.1) is 17.1 Å². The maximum atomic E-state index is 9.18. The number of nitrogens with two attached hydrogens (primary N) is 1. The smallest absolute Gasteiger partial charge is 0.229 e. The van der Waals surface area contributed by atoms with Crippen LogP contribution in [-0.4, -0.2) is 40.6 Å². The van der Waals surface area contributed by atoms with Gasteiger partial charge in [-0.1, -0.05) is 6.92 Å². The summed E-state index contributed by atoms with van der Waals surface area (Å²) in [7, 11) is 0. The van der Waals surface area contributed by atoms with E-state index in [0.29, 0.717) is 28.9 Å². The average Bonchev–Trinajstić information content (AvgIpc) is 3.20. The number of benzene rings is 1. The van der Waals surface area contributed by atoms with E-state index in [0.717, 1.165) is 49.3 Å². The minimum Gasteiger partial charge on any atom is -0.399 e. The zero-order valence-corrected chi connectivity index (χ0v) is 18.8. The second-order valence-corrected chi connectivity index (χ2v) is 7.21. The molecule has 164 valence electrons. The Hall–Kier alpha value is -2.86. The molecule has 1 atom stereocenters. The Morgan fingerprint density at radius 2 is 2.10 bits per heavy atom. The highest BCUT2D eigenvalue weighted by molar-refractivity contribution is 5.87. The van der Waals surface area contributed by atoms with Gasteiger partial charge in [-0.05, 0) is 49.7 Å². The average molecular weight is 461 g/mol. The number of nitrogen functional groups attached to an aromatic ring is 1. The summed E-state index contributed by atoms with van der Waals surface area (Å²) in [4.78, 5) is 16.2. The van der Waals surface area contributed by atoms with Crippen molar-refractivity contribution in [3.63, 3.8) is 0 Å². The maximum Gasteiger partial charge on any atom is 0.229 e. The molecule has 4 rings (SSSR count). The highest BCUT2D eigenvalue weighted by atomic mass is 35.5. The summed E-state index contributed by atoms with van der Waals surface area (Å²) in [6, 6.07) is 11.5. The second-order valence-electron chi connectivity index (χ2n) is 7.21. The number of halogens is 2. The first-order valence-corrected chi connectivity index (χ1v) is 9.85. The van der Waals surface area contributed by atoms with Gasteiger partial charge in [-0.3, -0.25) is 4.98 Å². The highest BCUT2D eigenvalue weighted by Crippen LogP contribution is 2.28. The van der Waals surface area contributed by atoms with Gasteiger partial charge >= 0.3 is 0 Å². The lowest BCUT2D eigenvalue weighted by molar-refractivity contribution is 0.549. The molecule has 0 bridgehead atoms. The first-order valence-electron chi connectivity index (χ1n) is 9.85. The van der Waals surface area contributed by atoms with Crippen LogP contribution in [0.1, 0.15) is 25.3 Å².